The minimum atomic E-state index is 0.166. The second-order valence-electron chi connectivity index (χ2n) is 9.02. The summed E-state index contributed by atoms with van der Waals surface area (Å²) in [5.41, 5.74) is 2.80. The van der Waals surface area contributed by atoms with E-state index in [2.05, 4.69) is 65.6 Å². The number of guanidine groups is 1. The van der Waals surface area contributed by atoms with Crippen LogP contribution in [-0.4, -0.2) is 50.9 Å². The molecule has 0 amide bonds. The zero-order valence-electron chi connectivity index (χ0n) is 17.2. The molecule has 148 valence electrons. The maximum absolute atomic E-state index is 5.93. The summed E-state index contributed by atoms with van der Waals surface area (Å²) in [4.78, 5) is 7.02. The lowest BCUT2D eigenvalue weighted by atomic mass is 9.57. The predicted octanol–water partition coefficient (Wildman–Crippen LogP) is 2.94. The van der Waals surface area contributed by atoms with Gasteiger partial charge >= 0.3 is 0 Å². The van der Waals surface area contributed by atoms with Crippen molar-refractivity contribution in [1.29, 1.82) is 0 Å². The number of anilines is 1. The van der Waals surface area contributed by atoms with Gasteiger partial charge in [0.15, 0.2) is 5.96 Å². The van der Waals surface area contributed by atoms with Crippen LogP contribution in [0.3, 0.4) is 0 Å². The summed E-state index contributed by atoms with van der Waals surface area (Å²) in [6.07, 6.45) is 3.95. The van der Waals surface area contributed by atoms with Gasteiger partial charge in [-0.15, -0.1) is 0 Å². The Hall–Kier alpha value is -1.75. The molecule has 4 atom stereocenters. The quantitative estimate of drug-likeness (QED) is 0.634. The molecule has 0 radical (unpaired) electrons. The number of hydrogen-bond acceptors (Lipinski definition) is 3. The minimum absolute atomic E-state index is 0.166. The number of ether oxygens (including phenoxy) is 1. The van der Waals surface area contributed by atoms with Gasteiger partial charge in [0.25, 0.3) is 0 Å². The highest BCUT2D eigenvalue weighted by atomic mass is 16.5. The fraction of sp³-hybridized carbons (Fsp3) is 0.682. The van der Waals surface area contributed by atoms with E-state index in [0.29, 0.717) is 24.1 Å². The Labute approximate surface area is 163 Å². The third-order valence-electron chi connectivity index (χ3n) is 6.78. The van der Waals surface area contributed by atoms with Gasteiger partial charge in [-0.05, 0) is 38.3 Å². The van der Waals surface area contributed by atoms with Gasteiger partial charge in [-0.25, -0.2) is 0 Å². The van der Waals surface area contributed by atoms with E-state index in [-0.39, 0.29) is 5.41 Å². The van der Waals surface area contributed by atoms with E-state index in [0.717, 1.165) is 32.1 Å². The van der Waals surface area contributed by atoms with E-state index in [4.69, 9.17) is 4.74 Å². The number of piperidine rings is 1. The molecule has 5 nitrogen and oxygen atoms in total. The van der Waals surface area contributed by atoms with Gasteiger partial charge in [-0.1, -0.05) is 31.5 Å². The van der Waals surface area contributed by atoms with Crippen LogP contribution in [0.1, 0.15) is 38.7 Å². The normalized spacial score (nSPS) is 32.6. The topological polar surface area (TPSA) is 48.9 Å². The standard InChI is InChI=1S/C22H34N4O/c1-15-7-9-17(10-8-15)26-12-5-6-16(14-26)24-21(23-4)25-19-18-11-13-27-20(18)22(19,2)3/h7-10,16,18-20H,5-6,11-14H2,1-4H3,(H2,23,24,25). The Morgan fingerprint density at radius 3 is 2.70 bits per heavy atom. The van der Waals surface area contributed by atoms with Crippen molar-refractivity contribution in [2.24, 2.45) is 16.3 Å². The molecular formula is C22H34N4O. The van der Waals surface area contributed by atoms with Crippen LogP contribution >= 0.6 is 0 Å². The molecule has 2 heterocycles. The molecule has 0 bridgehead atoms. The van der Waals surface area contributed by atoms with Crippen LogP contribution in [0, 0.1) is 18.3 Å². The fourth-order valence-electron chi connectivity index (χ4n) is 5.21. The SMILES string of the molecule is CN=C(NC1CCCN(c2ccc(C)cc2)C1)NC1C2CCOC2C1(C)C. The smallest absolute Gasteiger partial charge is 0.191 e. The summed E-state index contributed by atoms with van der Waals surface area (Å²) in [7, 11) is 1.88. The molecule has 4 rings (SSSR count). The summed E-state index contributed by atoms with van der Waals surface area (Å²) in [6.45, 7) is 9.81. The Morgan fingerprint density at radius 1 is 1.19 bits per heavy atom. The van der Waals surface area contributed by atoms with Crippen LogP contribution in [0.15, 0.2) is 29.3 Å². The fourth-order valence-corrected chi connectivity index (χ4v) is 5.21. The van der Waals surface area contributed by atoms with Crippen molar-refractivity contribution >= 4 is 11.6 Å². The van der Waals surface area contributed by atoms with Crippen molar-refractivity contribution in [2.45, 2.75) is 58.2 Å². The monoisotopic (exact) mass is 370 g/mol. The van der Waals surface area contributed by atoms with Crippen LogP contribution in [0.5, 0.6) is 0 Å². The van der Waals surface area contributed by atoms with Crippen LogP contribution in [-0.2, 0) is 4.74 Å². The van der Waals surface area contributed by atoms with E-state index in [1.54, 1.807) is 0 Å². The molecule has 2 saturated heterocycles. The maximum Gasteiger partial charge on any atom is 0.191 e. The summed E-state index contributed by atoms with van der Waals surface area (Å²) in [5.74, 6) is 1.56. The number of fused-ring (bicyclic) bond motifs is 1. The molecule has 1 aliphatic carbocycles. The van der Waals surface area contributed by atoms with Gasteiger partial charge in [0, 0.05) is 55.8 Å². The largest absolute Gasteiger partial charge is 0.377 e. The van der Waals surface area contributed by atoms with Gasteiger partial charge in [-0.3, -0.25) is 4.99 Å². The second kappa shape index (κ2) is 7.34. The highest BCUT2D eigenvalue weighted by Gasteiger charge is 2.59. The molecule has 5 heteroatoms. The highest BCUT2D eigenvalue weighted by molar-refractivity contribution is 5.80. The van der Waals surface area contributed by atoms with Gasteiger partial charge in [-0.2, -0.15) is 0 Å². The van der Waals surface area contributed by atoms with Gasteiger partial charge in [0.1, 0.15) is 0 Å². The van der Waals surface area contributed by atoms with E-state index in [1.807, 2.05) is 7.05 Å². The molecule has 0 spiro atoms. The number of aryl methyl sites for hydroxylation is 1. The number of nitrogens with one attached hydrogen (secondary N) is 2. The molecule has 2 N–H and O–H groups in total. The number of benzene rings is 1. The summed E-state index contributed by atoms with van der Waals surface area (Å²) in [6, 6.07) is 9.74. The lowest BCUT2D eigenvalue weighted by Crippen LogP contribution is -2.68. The Bertz CT molecular complexity index is 684. The first-order valence-corrected chi connectivity index (χ1v) is 10.4. The van der Waals surface area contributed by atoms with E-state index < -0.39 is 0 Å². The van der Waals surface area contributed by atoms with Crippen molar-refractivity contribution in [3.8, 4) is 0 Å². The molecule has 3 fully saturated rings. The average molecular weight is 371 g/mol. The second-order valence-corrected chi connectivity index (χ2v) is 9.02. The molecule has 1 saturated carbocycles. The number of rotatable bonds is 3. The van der Waals surface area contributed by atoms with E-state index >= 15 is 0 Å². The molecule has 0 aromatic heterocycles. The van der Waals surface area contributed by atoms with Crippen molar-refractivity contribution in [3.05, 3.63) is 29.8 Å². The van der Waals surface area contributed by atoms with Crippen LogP contribution in [0.4, 0.5) is 5.69 Å². The molecule has 4 unspecified atom stereocenters. The van der Waals surface area contributed by atoms with Gasteiger partial charge in [0.05, 0.1) is 6.10 Å². The van der Waals surface area contributed by atoms with Crippen LogP contribution < -0.4 is 15.5 Å². The minimum Gasteiger partial charge on any atom is -0.377 e. The third-order valence-corrected chi connectivity index (χ3v) is 6.78. The Morgan fingerprint density at radius 2 is 1.96 bits per heavy atom. The summed E-state index contributed by atoms with van der Waals surface area (Å²) >= 11 is 0. The molecule has 2 aliphatic heterocycles. The van der Waals surface area contributed by atoms with Crippen molar-refractivity contribution in [2.75, 3.05) is 31.6 Å². The van der Waals surface area contributed by atoms with Crippen molar-refractivity contribution in [1.82, 2.24) is 10.6 Å². The molecular weight excluding hydrogens is 336 g/mol. The molecule has 1 aromatic rings. The van der Waals surface area contributed by atoms with Crippen molar-refractivity contribution in [3.63, 3.8) is 0 Å². The molecule has 27 heavy (non-hydrogen) atoms. The first kappa shape index (κ1) is 18.6. The van der Waals surface area contributed by atoms with E-state index in [1.165, 1.54) is 24.1 Å². The zero-order valence-corrected chi connectivity index (χ0v) is 17.2. The number of nitrogens with zero attached hydrogens (tertiary/aromatic N) is 2. The average Bonchev–Trinajstić information content (AvgIpc) is 3.13. The third kappa shape index (κ3) is 3.54. The predicted molar refractivity (Wildman–Crippen MR) is 111 cm³/mol. The highest BCUT2D eigenvalue weighted by Crippen LogP contribution is 2.52. The first-order chi connectivity index (χ1) is 13.0. The van der Waals surface area contributed by atoms with Gasteiger partial charge < -0.3 is 20.3 Å². The van der Waals surface area contributed by atoms with Gasteiger partial charge in [0.2, 0.25) is 0 Å². The van der Waals surface area contributed by atoms with Crippen LogP contribution in [0.25, 0.3) is 0 Å². The Kier molecular flexibility index (Phi) is 5.06. The van der Waals surface area contributed by atoms with Crippen LogP contribution in [0.2, 0.25) is 0 Å². The first-order valence-electron chi connectivity index (χ1n) is 10.4. The summed E-state index contributed by atoms with van der Waals surface area (Å²) < 4.78 is 5.93. The lowest BCUT2D eigenvalue weighted by molar-refractivity contribution is -0.106. The molecule has 1 aromatic carbocycles. The van der Waals surface area contributed by atoms with Crippen molar-refractivity contribution < 1.29 is 4.74 Å². The molecule has 3 aliphatic rings. The number of hydrogen-bond donors (Lipinski definition) is 2. The van der Waals surface area contributed by atoms with E-state index in [9.17, 15) is 0 Å². The number of aliphatic imine (C=N–C) groups is 1. The summed E-state index contributed by atoms with van der Waals surface area (Å²) in [5, 5.41) is 7.40. The Balaban J connectivity index is 1.36. The lowest BCUT2D eigenvalue weighted by Gasteiger charge is -2.55. The maximum atomic E-state index is 5.93. The zero-order chi connectivity index (χ0) is 19.0.